The van der Waals surface area contributed by atoms with Crippen molar-refractivity contribution in [2.45, 2.75) is 39.7 Å². The monoisotopic (exact) mass is 469 g/mol. The van der Waals surface area contributed by atoms with Crippen LogP contribution in [0.5, 0.6) is 0 Å². The summed E-state index contributed by atoms with van der Waals surface area (Å²) in [6, 6.07) is 7.38. The summed E-state index contributed by atoms with van der Waals surface area (Å²) < 4.78 is 3.71. The summed E-state index contributed by atoms with van der Waals surface area (Å²) in [7, 11) is 2.90. The number of para-hydroxylation sites is 1. The zero-order valence-electron chi connectivity index (χ0n) is 20.0. The van der Waals surface area contributed by atoms with Crippen LogP contribution in [0.3, 0.4) is 0 Å². The van der Waals surface area contributed by atoms with E-state index in [2.05, 4.69) is 20.9 Å². The topological polar surface area (TPSA) is 132 Å². The molecule has 1 aromatic carbocycles. The molecule has 3 aromatic rings. The van der Waals surface area contributed by atoms with Crippen molar-refractivity contribution in [1.82, 2.24) is 24.0 Å². The Labute approximate surface area is 196 Å². The van der Waals surface area contributed by atoms with Crippen LogP contribution in [0.15, 0.2) is 33.9 Å². The van der Waals surface area contributed by atoms with Crippen molar-refractivity contribution in [2.24, 2.45) is 14.1 Å². The zero-order valence-corrected chi connectivity index (χ0v) is 20.0. The number of nitrogens with zero attached hydrogens (tertiary/aromatic N) is 4. The lowest BCUT2D eigenvalue weighted by molar-refractivity contribution is -0.121. The number of aryl methyl sites for hydroxylation is 2. The van der Waals surface area contributed by atoms with Crippen LogP contribution < -0.4 is 27.2 Å². The highest BCUT2D eigenvalue weighted by atomic mass is 16.2. The molecule has 0 aliphatic heterocycles. The lowest BCUT2D eigenvalue weighted by atomic mass is 10.2. The number of imidazole rings is 1. The summed E-state index contributed by atoms with van der Waals surface area (Å²) in [5.41, 5.74) is 0.824. The number of benzene rings is 1. The van der Waals surface area contributed by atoms with E-state index in [1.165, 1.54) is 23.2 Å². The molecule has 0 saturated heterocycles. The van der Waals surface area contributed by atoms with Gasteiger partial charge in [-0.25, -0.2) is 4.79 Å². The van der Waals surface area contributed by atoms with E-state index < -0.39 is 11.2 Å². The van der Waals surface area contributed by atoms with Crippen LogP contribution in [-0.4, -0.2) is 43.6 Å². The van der Waals surface area contributed by atoms with Crippen molar-refractivity contribution in [2.75, 3.05) is 23.7 Å². The lowest BCUT2D eigenvalue weighted by Crippen LogP contribution is -2.38. The molecule has 0 aliphatic carbocycles. The number of carbonyl (C=O) groups excluding carboxylic acids is 2. The average molecular weight is 470 g/mol. The summed E-state index contributed by atoms with van der Waals surface area (Å²) in [5.74, 6) is -0.123. The van der Waals surface area contributed by atoms with Gasteiger partial charge in [-0.05, 0) is 25.0 Å². The SMILES string of the molecule is CCCCC(=O)NCCNc1nc2c(c(=O)n(C)c(=O)n2C)n1CC(=O)Nc1ccccc1C. The Balaban J connectivity index is 1.88. The van der Waals surface area contributed by atoms with Crippen LogP contribution in [0, 0.1) is 6.92 Å². The third-order valence-electron chi connectivity index (χ3n) is 5.56. The summed E-state index contributed by atoms with van der Waals surface area (Å²) in [6.45, 7) is 4.39. The molecule has 2 aromatic heterocycles. The van der Waals surface area contributed by atoms with Crippen LogP contribution >= 0.6 is 0 Å². The molecule has 2 amide bonds. The largest absolute Gasteiger partial charge is 0.354 e. The maximum absolute atomic E-state index is 12.9. The summed E-state index contributed by atoms with van der Waals surface area (Å²) in [5, 5.41) is 8.76. The normalized spacial score (nSPS) is 10.9. The number of amides is 2. The quantitative estimate of drug-likeness (QED) is 0.381. The summed E-state index contributed by atoms with van der Waals surface area (Å²) in [4.78, 5) is 54.4. The molecule has 0 aliphatic rings. The Morgan fingerprint density at radius 1 is 1.03 bits per heavy atom. The van der Waals surface area contributed by atoms with E-state index in [-0.39, 0.29) is 35.5 Å². The molecule has 0 unspecified atom stereocenters. The standard InChI is InChI=1S/C23H31N7O4/c1-5-6-11-17(31)24-12-13-25-22-27-20-19(21(33)29(4)23(34)28(20)3)30(22)14-18(32)26-16-10-8-7-9-15(16)2/h7-10H,5-6,11-14H2,1-4H3,(H,24,31)(H,25,27)(H,26,32). The van der Waals surface area contributed by atoms with Gasteiger partial charge in [-0.15, -0.1) is 0 Å². The van der Waals surface area contributed by atoms with Crippen molar-refractivity contribution in [3.05, 3.63) is 50.7 Å². The number of unbranched alkanes of at least 4 members (excludes halogenated alkanes) is 1. The van der Waals surface area contributed by atoms with Crippen LogP contribution in [0.1, 0.15) is 31.7 Å². The molecule has 182 valence electrons. The van der Waals surface area contributed by atoms with Gasteiger partial charge in [-0.1, -0.05) is 31.5 Å². The van der Waals surface area contributed by atoms with Crippen LogP contribution in [-0.2, 0) is 30.2 Å². The van der Waals surface area contributed by atoms with E-state index in [4.69, 9.17) is 0 Å². The van der Waals surface area contributed by atoms with Gasteiger partial charge in [0.15, 0.2) is 11.2 Å². The van der Waals surface area contributed by atoms with Crippen LogP contribution in [0.2, 0.25) is 0 Å². The molecule has 11 nitrogen and oxygen atoms in total. The van der Waals surface area contributed by atoms with Crippen molar-refractivity contribution >= 4 is 34.6 Å². The highest BCUT2D eigenvalue weighted by Gasteiger charge is 2.21. The number of fused-ring (bicyclic) bond motifs is 1. The molecule has 0 fully saturated rings. The van der Waals surface area contributed by atoms with E-state index in [0.717, 1.165) is 23.0 Å². The molecule has 0 saturated carbocycles. The fraction of sp³-hybridized carbons (Fsp3) is 0.435. The smallest absolute Gasteiger partial charge is 0.332 e. The molecule has 3 N–H and O–H groups in total. The van der Waals surface area contributed by atoms with Gasteiger partial charge in [0.05, 0.1) is 0 Å². The lowest BCUT2D eigenvalue weighted by Gasteiger charge is -2.12. The number of aromatic nitrogens is 4. The number of nitrogens with one attached hydrogen (secondary N) is 3. The minimum atomic E-state index is -0.546. The molecule has 0 radical (unpaired) electrons. The minimum absolute atomic E-state index is 0.0361. The number of hydrogen-bond donors (Lipinski definition) is 3. The minimum Gasteiger partial charge on any atom is -0.354 e. The maximum atomic E-state index is 12.9. The molecule has 0 atom stereocenters. The van der Waals surface area contributed by atoms with E-state index in [9.17, 15) is 19.2 Å². The predicted molar refractivity (Wildman–Crippen MR) is 131 cm³/mol. The Hall–Kier alpha value is -3.89. The highest BCUT2D eigenvalue weighted by Crippen LogP contribution is 2.17. The van der Waals surface area contributed by atoms with Crippen LogP contribution in [0.4, 0.5) is 11.6 Å². The molecular formula is C23H31N7O4. The number of anilines is 2. The zero-order chi connectivity index (χ0) is 24.8. The van der Waals surface area contributed by atoms with E-state index in [1.807, 2.05) is 32.0 Å². The molecule has 3 rings (SSSR count). The van der Waals surface area contributed by atoms with Crippen molar-refractivity contribution in [3.8, 4) is 0 Å². The fourth-order valence-electron chi connectivity index (χ4n) is 3.58. The van der Waals surface area contributed by atoms with Crippen LogP contribution in [0.25, 0.3) is 11.2 Å². The third kappa shape index (κ3) is 5.36. The van der Waals surface area contributed by atoms with Gasteiger partial charge in [-0.2, -0.15) is 4.98 Å². The molecule has 2 heterocycles. The Morgan fingerprint density at radius 2 is 1.76 bits per heavy atom. The molecule has 0 bridgehead atoms. The van der Waals surface area contributed by atoms with Gasteiger partial charge in [0.1, 0.15) is 6.54 Å². The molecule has 11 heteroatoms. The Morgan fingerprint density at radius 3 is 2.47 bits per heavy atom. The Bertz CT molecular complexity index is 1320. The average Bonchev–Trinajstić information content (AvgIpc) is 3.17. The first-order valence-corrected chi connectivity index (χ1v) is 11.3. The maximum Gasteiger partial charge on any atom is 0.332 e. The van der Waals surface area contributed by atoms with Crippen molar-refractivity contribution < 1.29 is 9.59 Å². The van der Waals surface area contributed by atoms with Gasteiger partial charge in [-0.3, -0.25) is 28.1 Å². The van der Waals surface area contributed by atoms with Gasteiger partial charge < -0.3 is 16.0 Å². The fourth-order valence-corrected chi connectivity index (χ4v) is 3.58. The second-order valence-corrected chi connectivity index (χ2v) is 8.14. The second-order valence-electron chi connectivity index (χ2n) is 8.14. The number of carbonyl (C=O) groups is 2. The number of rotatable bonds is 10. The molecular weight excluding hydrogens is 438 g/mol. The van der Waals surface area contributed by atoms with Gasteiger partial charge in [0, 0.05) is 39.3 Å². The summed E-state index contributed by atoms with van der Waals surface area (Å²) in [6.07, 6.45) is 2.22. The molecule has 0 spiro atoms. The first-order chi connectivity index (χ1) is 16.2. The highest BCUT2D eigenvalue weighted by molar-refractivity contribution is 5.92. The Kier molecular flexibility index (Phi) is 7.87. The first-order valence-electron chi connectivity index (χ1n) is 11.3. The predicted octanol–water partition coefficient (Wildman–Crippen LogP) is 1.10. The second kappa shape index (κ2) is 10.8. The van der Waals surface area contributed by atoms with Crippen molar-refractivity contribution in [1.29, 1.82) is 0 Å². The van der Waals surface area contributed by atoms with E-state index >= 15 is 0 Å². The van der Waals surface area contributed by atoms with Crippen molar-refractivity contribution in [3.63, 3.8) is 0 Å². The third-order valence-corrected chi connectivity index (χ3v) is 5.56. The van der Waals surface area contributed by atoms with E-state index in [1.54, 1.807) is 6.07 Å². The first kappa shape index (κ1) is 24.7. The van der Waals surface area contributed by atoms with Gasteiger partial charge in [0.25, 0.3) is 5.56 Å². The number of hydrogen-bond acceptors (Lipinski definition) is 6. The van der Waals surface area contributed by atoms with Gasteiger partial charge in [0.2, 0.25) is 17.8 Å². The van der Waals surface area contributed by atoms with Gasteiger partial charge >= 0.3 is 5.69 Å². The van der Waals surface area contributed by atoms with E-state index in [0.29, 0.717) is 25.2 Å². The summed E-state index contributed by atoms with van der Waals surface area (Å²) >= 11 is 0. The molecule has 34 heavy (non-hydrogen) atoms.